The Kier molecular flexibility index (Phi) is 9.20. The largest absolute Gasteiger partial charge is 0.444 e. The van der Waals surface area contributed by atoms with Crippen LogP contribution in [0.25, 0.3) is 0 Å². The predicted octanol–water partition coefficient (Wildman–Crippen LogP) is 5.84. The van der Waals surface area contributed by atoms with Crippen molar-refractivity contribution in [3.8, 4) is 0 Å². The van der Waals surface area contributed by atoms with Crippen molar-refractivity contribution in [2.75, 3.05) is 19.8 Å². The fourth-order valence-corrected chi connectivity index (χ4v) is 6.15. The maximum atomic E-state index is 13.2. The molecule has 7 nitrogen and oxygen atoms in total. The second-order valence-electron chi connectivity index (χ2n) is 11.2. The standard InChI is InChI=1S/C29H39ClN2O5S/c1-21(33)32(18-15-22-9-7-12-26(19-22)38(6,35)36)25-13-16-29(17-14-25,23-10-8-11-24(30)20-23)31(5)27(34)37-28(2,3)4/h7-12,19-20,25H,13-18H2,1-6H3. The van der Waals surface area contributed by atoms with Gasteiger partial charge in [-0.1, -0.05) is 35.9 Å². The van der Waals surface area contributed by atoms with Crippen LogP contribution in [0, 0.1) is 0 Å². The molecule has 208 valence electrons. The molecule has 1 saturated carbocycles. The first-order valence-corrected chi connectivity index (χ1v) is 15.2. The average molecular weight is 563 g/mol. The Morgan fingerprint density at radius 1 is 1.08 bits per heavy atom. The van der Waals surface area contributed by atoms with Crippen LogP contribution in [0.1, 0.15) is 64.5 Å². The second-order valence-corrected chi connectivity index (χ2v) is 13.6. The summed E-state index contributed by atoms with van der Waals surface area (Å²) in [5, 5.41) is 0.600. The molecule has 9 heteroatoms. The van der Waals surface area contributed by atoms with Crippen molar-refractivity contribution in [1.29, 1.82) is 0 Å². The Bertz CT molecular complexity index is 1260. The molecule has 3 rings (SSSR count). The Hall–Kier alpha value is -2.58. The van der Waals surface area contributed by atoms with Gasteiger partial charge >= 0.3 is 6.09 Å². The van der Waals surface area contributed by atoms with Gasteiger partial charge in [0, 0.05) is 37.8 Å². The number of carbonyl (C=O) groups excluding carboxylic acids is 2. The lowest BCUT2D eigenvalue weighted by Gasteiger charge is -2.48. The van der Waals surface area contributed by atoms with E-state index in [-0.39, 0.29) is 16.8 Å². The Balaban J connectivity index is 1.81. The van der Waals surface area contributed by atoms with E-state index in [9.17, 15) is 18.0 Å². The maximum absolute atomic E-state index is 13.2. The summed E-state index contributed by atoms with van der Waals surface area (Å²) in [7, 11) is -1.53. The molecule has 0 N–H and O–H groups in total. The number of nitrogens with zero attached hydrogens (tertiary/aromatic N) is 2. The number of hydrogen-bond acceptors (Lipinski definition) is 5. The minimum absolute atomic E-state index is 0.00457. The zero-order valence-electron chi connectivity index (χ0n) is 23.2. The second kappa shape index (κ2) is 11.7. The molecule has 1 aliphatic rings. The number of halogens is 1. The van der Waals surface area contributed by atoms with E-state index in [0.717, 1.165) is 11.1 Å². The smallest absolute Gasteiger partial charge is 0.410 e. The molecule has 0 atom stereocenters. The number of ether oxygens (including phenoxy) is 1. The van der Waals surface area contributed by atoms with Crippen LogP contribution in [0.4, 0.5) is 4.79 Å². The number of carbonyl (C=O) groups is 2. The maximum Gasteiger partial charge on any atom is 0.410 e. The molecule has 0 heterocycles. The highest BCUT2D eigenvalue weighted by molar-refractivity contribution is 7.90. The van der Waals surface area contributed by atoms with E-state index in [4.69, 9.17) is 16.3 Å². The van der Waals surface area contributed by atoms with Crippen molar-refractivity contribution in [3.63, 3.8) is 0 Å². The lowest BCUT2D eigenvalue weighted by Crippen LogP contribution is -2.53. The molecule has 2 aromatic carbocycles. The summed E-state index contributed by atoms with van der Waals surface area (Å²) in [5.74, 6) is -0.0231. The number of amides is 2. The van der Waals surface area contributed by atoms with Crippen LogP contribution in [0.2, 0.25) is 5.02 Å². The van der Waals surface area contributed by atoms with Crippen LogP contribution >= 0.6 is 11.6 Å². The molecule has 38 heavy (non-hydrogen) atoms. The van der Waals surface area contributed by atoms with Gasteiger partial charge in [0.2, 0.25) is 5.91 Å². The molecule has 0 aliphatic heterocycles. The Labute approximate surface area is 232 Å². The fourth-order valence-electron chi connectivity index (χ4n) is 5.27. The quantitative estimate of drug-likeness (QED) is 0.423. The number of sulfone groups is 1. The lowest BCUT2D eigenvalue weighted by molar-refractivity contribution is -0.132. The molecule has 0 saturated heterocycles. The van der Waals surface area contributed by atoms with Gasteiger partial charge < -0.3 is 14.5 Å². The van der Waals surface area contributed by atoms with Gasteiger partial charge in [0.05, 0.1) is 10.4 Å². The van der Waals surface area contributed by atoms with E-state index in [1.807, 2.05) is 56.0 Å². The van der Waals surface area contributed by atoms with Crippen molar-refractivity contribution >= 4 is 33.4 Å². The van der Waals surface area contributed by atoms with Gasteiger partial charge in [-0.2, -0.15) is 0 Å². The molecule has 1 fully saturated rings. The molecular formula is C29H39ClN2O5S. The summed E-state index contributed by atoms with van der Waals surface area (Å²) in [4.78, 5) is 29.7. The highest BCUT2D eigenvalue weighted by Gasteiger charge is 2.45. The molecule has 2 amide bonds. The van der Waals surface area contributed by atoms with Gasteiger partial charge in [-0.3, -0.25) is 4.79 Å². The van der Waals surface area contributed by atoms with Crippen LogP contribution in [-0.2, 0) is 31.3 Å². The SMILES string of the molecule is CC(=O)N(CCc1cccc(S(C)(=O)=O)c1)C1CCC(c2cccc(Cl)c2)(N(C)C(=O)OC(C)(C)C)CC1. The minimum Gasteiger partial charge on any atom is -0.444 e. The minimum atomic E-state index is -3.30. The van der Waals surface area contributed by atoms with Gasteiger partial charge in [-0.15, -0.1) is 0 Å². The Morgan fingerprint density at radius 2 is 1.71 bits per heavy atom. The first-order valence-electron chi connectivity index (χ1n) is 12.9. The average Bonchev–Trinajstić information content (AvgIpc) is 2.82. The third kappa shape index (κ3) is 7.29. The normalized spacial score (nSPS) is 20.0. The molecule has 0 spiro atoms. The molecule has 0 bridgehead atoms. The molecule has 1 aliphatic carbocycles. The summed E-state index contributed by atoms with van der Waals surface area (Å²) in [6.45, 7) is 7.59. The fraction of sp³-hybridized carbons (Fsp3) is 0.517. The van der Waals surface area contributed by atoms with Crippen LogP contribution < -0.4 is 0 Å². The molecule has 0 radical (unpaired) electrons. The van der Waals surface area contributed by atoms with Gasteiger partial charge in [0.1, 0.15) is 5.60 Å². The summed E-state index contributed by atoms with van der Waals surface area (Å²) in [6.07, 6.45) is 4.02. The van der Waals surface area contributed by atoms with Gasteiger partial charge in [0.25, 0.3) is 0 Å². The molecule has 0 aromatic heterocycles. The van der Waals surface area contributed by atoms with Gasteiger partial charge in [-0.25, -0.2) is 13.2 Å². The van der Waals surface area contributed by atoms with E-state index in [1.54, 1.807) is 37.1 Å². The first kappa shape index (κ1) is 30.0. The molecule has 0 unspecified atom stereocenters. The zero-order chi connectivity index (χ0) is 28.3. The van der Waals surface area contributed by atoms with Crippen molar-refractivity contribution < 1.29 is 22.7 Å². The monoisotopic (exact) mass is 562 g/mol. The van der Waals surface area contributed by atoms with Crippen LogP contribution in [-0.4, -0.2) is 61.7 Å². The molecule has 2 aromatic rings. The number of benzene rings is 2. The highest BCUT2D eigenvalue weighted by atomic mass is 35.5. The summed E-state index contributed by atoms with van der Waals surface area (Å²) < 4.78 is 29.6. The van der Waals surface area contributed by atoms with E-state index in [0.29, 0.717) is 43.7 Å². The van der Waals surface area contributed by atoms with Gasteiger partial charge in [-0.05, 0) is 88.3 Å². The zero-order valence-corrected chi connectivity index (χ0v) is 24.7. The van der Waals surface area contributed by atoms with E-state index in [1.165, 1.54) is 6.26 Å². The van der Waals surface area contributed by atoms with Crippen molar-refractivity contribution in [2.45, 2.75) is 81.9 Å². The number of rotatable bonds is 7. The summed E-state index contributed by atoms with van der Waals surface area (Å²) >= 11 is 6.35. The lowest BCUT2D eigenvalue weighted by atomic mass is 9.73. The van der Waals surface area contributed by atoms with Crippen molar-refractivity contribution in [3.05, 3.63) is 64.7 Å². The summed E-state index contributed by atoms with van der Waals surface area (Å²) in [5.41, 5.74) is 0.574. The van der Waals surface area contributed by atoms with Gasteiger partial charge in [0.15, 0.2) is 9.84 Å². The van der Waals surface area contributed by atoms with E-state index >= 15 is 0 Å². The Morgan fingerprint density at radius 3 is 2.26 bits per heavy atom. The predicted molar refractivity (Wildman–Crippen MR) is 150 cm³/mol. The van der Waals surface area contributed by atoms with Crippen LogP contribution in [0.15, 0.2) is 53.4 Å². The molecular weight excluding hydrogens is 524 g/mol. The summed E-state index contributed by atoms with van der Waals surface area (Å²) in [6, 6.07) is 14.5. The van der Waals surface area contributed by atoms with E-state index < -0.39 is 27.1 Å². The topological polar surface area (TPSA) is 84.0 Å². The van der Waals surface area contributed by atoms with Crippen molar-refractivity contribution in [2.24, 2.45) is 0 Å². The van der Waals surface area contributed by atoms with Crippen LogP contribution in [0.5, 0.6) is 0 Å². The van der Waals surface area contributed by atoms with Crippen LogP contribution in [0.3, 0.4) is 0 Å². The van der Waals surface area contributed by atoms with Crippen molar-refractivity contribution in [1.82, 2.24) is 9.80 Å². The third-order valence-electron chi connectivity index (χ3n) is 7.27. The number of hydrogen-bond donors (Lipinski definition) is 0. The highest BCUT2D eigenvalue weighted by Crippen LogP contribution is 2.44. The van der Waals surface area contributed by atoms with E-state index in [2.05, 4.69) is 0 Å². The third-order valence-corrected chi connectivity index (χ3v) is 8.61. The first-order chi connectivity index (χ1) is 17.6.